The Labute approximate surface area is 262 Å². The number of aromatic nitrogens is 2. The van der Waals surface area contributed by atoms with Gasteiger partial charge in [0.25, 0.3) is 0 Å². The largest absolute Gasteiger partial charge is 0.488 e. The van der Waals surface area contributed by atoms with Gasteiger partial charge in [-0.25, -0.2) is 0 Å². The number of aryl methyl sites for hydroxylation is 2. The molecule has 43 heavy (non-hydrogen) atoms. The first-order valence-corrected chi connectivity index (χ1v) is 15.4. The fourth-order valence-corrected chi connectivity index (χ4v) is 5.46. The van der Waals surface area contributed by atoms with Crippen LogP contribution in [0.1, 0.15) is 49.4 Å². The van der Waals surface area contributed by atoms with Crippen LogP contribution in [-0.2, 0) is 36.2 Å². The Morgan fingerprint density at radius 1 is 0.860 bits per heavy atom. The van der Waals surface area contributed by atoms with E-state index >= 15 is 0 Å². The minimum absolute atomic E-state index is 0.0000734. The van der Waals surface area contributed by atoms with Crippen molar-refractivity contribution in [3.05, 3.63) is 130 Å². The van der Waals surface area contributed by atoms with Crippen molar-refractivity contribution >= 4 is 21.9 Å². The molecular weight excluding hydrogens is 600 g/mol. The van der Waals surface area contributed by atoms with Crippen molar-refractivity contribution in [3.8, 4) is 28.3 Å². The highest BCUT2D eigenvalue weighted by Crippen LogP contribution is 2.40. The van der Waals surface area contributed by atoms with Crippen molar-refractivity contribution in [1.29, 1.82) is 0 Å². The van der Waals surface area contributed by atoms with Crippen molar-refractivity contribution in [2.24, 2.45) is 0 Å². The summed E-state index contributed by atoms with van der Waals surface area (Å²) < 4.78 is 9.48. The van der Waals surface area contributed by atoms with Crippen LogP contribution in [0.25, 0.3) is 22.5 Å². The van der Waals surface area contributed by atoms with Crippen molar-refractivity contribution in [2.45, 2.75) is 58.6 Å². The first-order chi connectivity index (χ1) is 20.7. The van der Waals surface area contributed by atoms with E-state index in [9.17, 15) is 9.90 Å². The first kappa shape index (κ1) is 30.3. The monoisotopic (exact) mass is 636 g/mol. The summed E-state index contributed by atoms with van der Waals surface area (Å²) in [6.45, 7) is 7.63. The maximum atomic E-state index is 11.9. The van der Waals surface area contributed by atoms with Gasteiger partial charge in [-0.15, -0.1) is 0 Å². The van der Waals surface area contributed by atoms with Crippen LogP contribution in [0.3, 0.4) is 0 Å². The molecular formula is C37H37BrN2O3. The number of nitrogens with zero attached hydrogens (tertiary/aromatic N) is 2. The van der Waals surface area contributed by atoms with Crippen LogP contribution in [0.15, 0.2) is 108 Å². The quantitative estimate of drug-likeness (QED) is 0.157. The number of aliphatic carboxylic acids is 1. The highest BCUT2D eigenvalue weighted by molar-refractivity contribution is 9.10. The SMILES string of the molecule is CC(C)(C)c1ccc(OCc2ccccc2)c(-c2nn(CCc3ccccc3)c(-c3ccc(Br)cc3)c2CCC(=O)O)c1. The van der Waals surface area contributed by atoms with Crippen LogP contribution in [-0.4, -0.2) is 20.9 Å². The normalized spacial score (nSPS) is 11.4. The summed E-state index contributed by atoms with van der Waals surface area (Å²) in [6, 6.07) is 34.9. The minimum Gasteiger partial charge on any atom is -0.488 e. The standard InChI is InChI=1S/C37H37BrN2O3/c1-37(2,3)29-16-20-33(43-25-27-12-8-5-9-13-27)32(24-29)35-31(19-21-34(41)42)36(28-14-17-30(38)18-15-28)40(39-35)23-22-26-10-6-4-7-11-26/h4-18,20,24H,19,21-23,25H2,1-3H3,(H,41,42). The van der Waals surface area contributed by atoms with Crippen molar-refractivity contribution < 1.29 is 14.6 Å². The summed E-state index contributed by atoms with van der Waals surface area (Å²) in [5.74, 6) is -0.114. The highest BCUT2D eigenvalue weighted by atomic mass is 79.9. The second-order valence-electron chi connectivity index (χ2n) is 11.8. The molecule has 0 amide bonds. The molecule has 0 radical (unpaired) electrons. The summed E-state index contributed by atoms with van der Waals surface area (Å²) in [5.41, 5.74) is 7.83. The number of carboxylic acids is 1. The van der Waals surface area contributed by atoms with E-state index < -0.39 is 5.97 Å². The lowest BCUT2D eigenvalue weighted by atomic mass is 9.85. The number of hydrogen-bond donors (Lipinski definition) is 1. The van der Waals surface area contributed by atoms with Gasteiger partial charge in [0.15, 0.2) is 0 Å². The van der Waals surface area contributed by atoms with Gasteiger partial charge in [-0.05, 0) is 59.2 Å². The Balaban J connectivity index is 1.68. The van der Waals surface area contributed by atoms with Crippen LogP contribution in [0.5, 0.6) is 5.75 Å². The number of halogens is 1. The van der Waals surface area contributed by atoms with Crippen molar-refractivity contribution in [3.63, 3.8) is 0 Å². The van der Waals surface area contributed by atoms with E-state index in [1.165, 1.54) is 5.56 Å². The summed E-state index contributed by atoms with van der Waals surface area (Å²) in [4.78, 5) is 11.9. The molecule has 0 atom stereocenters. The maximum absolute atomic E-state index is 11.9. The fourth-order valence-electron chi connectivity index (χ4n) is 5.20. The molecule has 0 aliphatic rings. The van der Waals surface area contributed by atoms with E-state index in [2.05, 4.69) is 73.1 Å². The maximum Gasteiger partial charge on any atom is 0.303 e. The third kappa shape index (κ3) is 7.63. The lowest BCUT2D eigenvalue weighted by molar-refractivity contribution is -0.136. The Morgan fingerprint density at radius 3 is 2.14 bits per heavy atom. The number of ether oxygens (including phenoxy) is 1. The third-order valence-corrected chi connectivity index (χ3v) is 8.08. The molecule has 1 heterocycles. The molecule has 0 bridgehead atoms. The molecule has 0 aliphatic heterocycles. The molecule has 0 fully saturated rings. The van der Waals surface area contributed by atoms with Crippen molar-refractivity contribution in [1.82, 2.24) is 9.78 Å². The second kappa shape index (κ2) is 13.4. The van der Waals surface area contributed by atoms with E-state index in [0.717, 1.165) is 55.8 Å². The van der Waals surface area contributed by atoms with Crippen LogP contribution >= 0.6 is 15.9 Å². The van der Waals surface area contributed by atoms with Gasteiger partial charge in [0.1, 0.15) is 12.4 Å². The van der Waals surface area contributed by atoms with Crippen molar-refractivity contribution in [2.75, 3.05) is 0 Å². The van der Waals surface area contributed by atoms with Gasteiger partial charge >= 0.3 is 5.97 Å². The molecule has 220 valence electrons. The lowest BCUT2D eigenvalue weighted by Crippen LogP contribution is -2.11. The molecule has 4 aromatic carbocycles. The topological polar surface area (TPSA) is 64.4 Å². The Morgan fingerprint density at radius 2 is 1.51 bits per heavy atom. The van der Waals surface area contributed by atoms with E-state index in [-0.39, 0.29) is 11.8 Å². The average Bonchev–Trinajstić information content (AvgIpc) is 3.37. The van der Waals surface area contributed by atoms with Gasteiger partial charge in [-0.2, -0.15) is 5.10 Å². The number of carboxylic acid groups (broad SMARTS) is 1. The highest BCUT2D eigenvalue weighted by Gasteiger charge is 2.25. The van der Waals surface area contributed by atoms with Crippen LogP contribution in [0.4, 0.5) is 0 Å². The van der Waals surface area contributed by atoms with Crippen LogP contribution < -0.4 is 4.74 Å². The summed E-state index contributed by atoms with van der Waals surface area (Å²) in [7, 11) is 0. The molecule has 6 heteroatoms. The van der Waals surface area contributed by atoms with Gasteiger partial charge in [0.05, 0.1) is 11.4 Å². The number of benzene rings is 4. The van der Waals surface area contributed by atoms with Gasteiger partial charge in [-0.3, -0.25) is 9.48 Å². The number of hydrogen-bond acceptors (Lipinski definition) is 3. The molecule has 5 nitrogen and oxygen atoms in total. The number of carbonyl (C=O) groups is 1. The summed E-state index contributed by atoms with van der Waals surface area (Å²) in [6.07, 6.45) is 1.14. The number of rotatable bonds is 11. The third-order valence-electron chi connectivity index (χ3n) is 7.55. The molecule has 0 saturated heterocycles. The predicted molar refractivity (Wildman–Crippen MR) is 176 cm³/mol. The zero-order valence-electron chi connectivity index (χ0n) is 24.9. The molecule has 0 spiro atoms. The van der Waals surface area contributed by atoms with E-state index in [1.54, 1.807) is 0 Å². The minimum atomic E-state index is -0.839. The molecule has 0 unspecified atom stereocenters. The van der Waals surface area contributed by atoms with E-state index in [4.69, 9.17) is 9.84 Å². The predicted octanol–water partition coefficient (Wildman–Crippen LogP) is 9.12. The molecule has 1 aromatic heterocycles. The molecule has 1 N–H and O–H groups in total. The van der Waals surface area contributed by atoms with Crippen LogP contribution in [0, 0.1) is 0 Å². The zero-order valence-corrected chi connectivity index (χ0v) is 26.5. The fraction of sp³-hybridized carbons (Fsp3) is 0.243. The molecule has 5 rings (SSSR count). The van der Waals surface area contributed by atoms with Gasteiger partial charge in [0.2, 0.25) is 0 Å². The molecule has 5 aromatic rings. The second-order valence-corrected chi connectivity index (χ2v) is 12.7. The summed E-state index contributed by atoms with van der Waals surface area (Å²) in [5, 5.41) is 15.0. The Bertz CT molecular complexity index is 1670. The Hall–Kier alpha value is -4.16. The van der Waals surface area contributed by atoms with Gasteiger partial charge < -0.3 is 9.84 Å². The lowest BCUT2D eigenvalue weighted by Gasteiger charge is -2.21. The average molecular weight is 638 g/mol. The Kier molecular flexibility index (Phi) is 9.46. The first-order valence-electron chi connectivity index (χ1n) is 14.6. The smallest absolute Gasteiger partial charge is 0.303 e. The van der Waals surface area contributed by atoms with E-state index in [0.29, 0.717) is 19.6 Å². The molecule has 0 aliphatic carbocycles. The summed E-state index contributed by atoms with van der Waals surface area (Å²) >= 11 is 3.56. The van der Waals surface area contributed by atoms with Gasteiger partial charge in [-0.1, -0.05) is 116 Å². The van der Waals surface area contributed by atoms with Crippen LogP contribution in [0.2, 0.25) is 0 Å². The van der Waals surface area contributed by atoms with E-state index in [1.807, 2.05) is 71.4 Å². The zero-order chi connectivity index (χ0) is 30.4. The van der Waals surface area contributed by atoms with Gasteiger partial charge in [0, 0.05) is 34.1 Å². The molecule has 0 saturated carbocycles.